The molecule has 168 valence electrons. The first-order valence-corrected chi connectivity index (χ1v) is 12.7. The third kappa shape index (κ3) is 5.43. The van der Waals surface area contributed by atoms with Crippen molar-refractivity contribution in [3.63, 3.8) is 0 Å². The topological polar surface area (TPSA) is 66.1 Å². The number of benzene rings is 1. The number of anilines is 1. The van der Waals surface area contributed by atoms with Gasteiger partial charge in [-0.3, -0.25) is 13.9 Å². The molecule has 2 aliphatic heterocycles. The molecule has 0 radical (unpaired) electrons. The number of carbonyl (C=O) groups excluding carboxylic acids is 1. The summed E-state index contributed by atoms with van der Waals surface area (Å²) in [4.78, 5) is 22.6. The first-order chi connectivity index (χ1) is 15.3. The van der Waals surface area contributed by atoms with Crippen molar-refractivity contribution in [1.29, 1.82) is 0 Å². The minimum absolute atomic E-state index is 0.246. The van der Waals surface area contributed by atoms with E-state index >= 15 is 0 Å². The maximum atomic E-state index is 12.8. The molecule has 2 heterocycles. The van der Waals surface area contributed by atoms with Crippen molar-refractivity contribution in [2.45, 2.75) is 46.1 Å². The van der Waals surface area contributed by atoms with Crippen LogP contribution in [0.5, 0.6) is 0 Å². The van der Waals surface area contributed by atoms with Crippen LogP contribution in [-0.2, 0) is 22.1 Å². The molecule has 1 saturated heterocycles. The molecular formula is C25H30N4O2S. The van der Waals surface area contributed by atoms with Gasteiger partial charge in [-0.05, 0) is 47.9 Å². The number of aliphatic imine (C=N–C) groups is 1. The number of allylic oxidation sites excluding steroid dienone is 3. The molecule has 0 bridgehead atoms. The minimum atomic E-state index is -0.682. The fourth-order valence-electron chi connectivity index (χ4n) is 4.30. The van der Waals surface area contributed by atoms with Gasteiger partial charge < -0.3 is 10.2 Å². The summed E-state index contributed by atoms with van der Waals surface area (Å²) in [6.45, 7) is 14.2. The van der Waals surface area contributed by atoms with E-state index in [1.807, 2.05) is 6.07 Å². The van der Waals surface area contributed by atoms with Crippen LogP contribution >= 0.6 is 0 Å². The Morgan fingerprint density at radius 3 is 2.72 bits per heavy atom. The van der Waals surface area contributed by atoms with Crippen molar-refractivity contribution in [1.82, 2.24) is 4.90 Å². The van der Waals surface area contributed by atoms with Crippen molar-refractivity contribution in [3.05, 3.63) is 58.7 Å². The van der Waals surface area contributed by atoms with Gasteiger partial charge in [0.2, 0.25) is 0 Å². The fraction of sp³-hybridized carbons (Fsp3) is 0.480. The molecule has 0 spiro atoms. The number of hydrogen-bond acceptors (Lipinski definition) is 4. The summed E-state index contributed by atoms with van der Waals surface area (Å²) in [6.07, 6.45) is 7.50. The third-order valence-corrected chi connectivity index (χ3v) is 7.71. The molecule has 1 aromatic rings. The van der Waals surface area contributed by atoms with Gasteiger partial charge in [-0.1, -0.05) is 38.6 Å². The summed E-state index contributed by atoms with van der Waals surface area (Å²) in [6, 6.07) is 6.26. The quantitative estimate of drug-likeness (QED) is 0.677. The van der Waals surface area contributed by atoms with E-state index in [1.165, 1.54) is 11.1 Å². The van der Waals surface area contributed by atoms with Gasteiger partial charge in [0.15, 0.2) is 5.71 Å². The average Bonchev–Trinajstić information content (AvgIpc) is 3.26. The zero-order chi connectivity index (χ0) is 22.7. The Hall–Kier alpha value is -2.56. The van der Waals surface area contributed by atoms with Gasteiger partial charge in [0.25, 0.3) is 11.7 Å². The summed E-state index contributed by atoms with van der Waals surface area (Å²) in [5, 5.41) is 3.05. The predicted molar refractivity (Wildman–Crippen MR) is 131 cm³/mol. The van der Waals surface area contributed by atoms with E-state index in [-0.39, 0.29) is 11.7 Å². The number of nitrogens with one attached hydrogen (secondary N) is 1. The van der Waals surface area contributed by atoms with Crippen LogP contribution in [-0.4, -0.2) is 45.3 Å². The molecule has 32 heavy (non-hydrogen) atoms. The number of amides is 1. The van der Waals surface area contributed by atoms with Crippen LogP contribution in [0.1, 0.15) is 50.7 Å². The lowest BCUT2D eigenvalue weighted by Gasteiger charge is -2.30. The van der Waals surface area contributed by atoms with Crippen LogP contribution in [0.2, 0.25) is 0 Å². The lowest BCUT2D eigenvalue weighted by atomic mass is 9.76. The zero-order valence-corrected chi connectivity index (χ0v) is 19.6. The molecule has 7 heteroatoms. The Morgan fingerprint density at radius 1 is 1.28 bits per heavy atom. The SMILES string of the molecule is [C-]#[N+]C1=CCC(C(=O)Nc2ccc(CN3CCS(=O)CC3)cc2C2=CCC(C)(C)CC2)=N1. The maximum absolute atomic E-state index is 12.8. The van der Waals surface area contributed by atoms with Crippen molar-refractivity contribution < 1.29 is 9.00 Å². The van der Waals surface area contributed by atoms with E-state index in [0.29, 0.717) is 17.5 Å². The molecule has 0 atom stereocenters. The second-order valence-corrected chi connectivity index (χ2v) is 11.2. The van der Waals surface area contributed by atoms with Crippen LogP contribution in [0.15, 0.2) is 41.2 Å². The lowest BCUT2D eigenvalue weighted by molar-refractivity contribution is -0.110. The monoisotopic (exact) mass is 450 g/mol. The minimum Gasteiger partial charge on any atom is -0.361 e. The highest BCUT2D eigenvalue weighted by Crippen LogP contribution is 2.40. The molecule has 1 aliphatic carbocycles. The number of rotatable bonds is 5. The van der Waals surface area contributed by atoms with Gasteiger partial charge in [0.05, 0.1) is 0 Å². The molecule has 1 amide bonds. The Kier molecular flexibility index (Phi) is 6.73. The van der Waals surface area contributed by atoms with Gasteiger partial charge >= 0.3 is 0 Å². The summed E-state index contributed by atoms with van der Waals surface area (Å²) < 4.78 is 11.7. The third-order valence-electron chi connectivity index (χ3n) is 6.43. The Balaban J connectivity index is 1.57. The summed E-state index contributed by atoms with van der Waals surface area (Å²) >= 11 is 0. The Morgan fingerprint density at radius 2 is 2.06 bits per heavy atom. The normalized spacial score (nSPS) is 21.3. The molecule has 1 N–H and O–H groups in total. The van der Waals surface area contributed by atoms with Crippen LogP contribution < -0.4 is 5.32 Å². The first kappa shape index (κ1) is 22.6. The molecule has 6 nitrogen and oxygen atoms in total. The summed E-state index contributed by atoms with van der Waals surface area (Å²) in [5.41, 5.74) is 5.02. The van der Waals surface area contributed by atoms with Crippen molar-refractivity contribution >= 4 is 33.7 Å². The van der Waals surface area contributed by atoms with Crippen molar-refractivity contribution in [2.75, 3.05) is 29.9 Å². The largest absolute Gasteiger partial charge is 0.361 e. The van der Waals surface area contributed by atoms with E-state index < -0.39 is 10.8 Å². The van der Waals surface area contributed by atoms with Crippen LogP contribution in [0.25, 0.3) is 10.4 Å². The van der Waals surface area contributed by atoms with Gasteiger partial charge in [0, 0.05) is 59.6 Å². The zero-order valence-electron chi connectivity index (χ0n) is 18.8. The predicted octanol–water partition coefficient (Wildman–Crippen LogP) is 4.39. The van der Waals surface area contributed by atoms with Crippen molar-refractivity contribution in [3.8, 4) is 0 Å². The molecule has 0 unspecified atom stereocenters. The molecule has 4 rings (SSSR count). The van der Waals surface area contributed by atoms with Crippen molar-refractivity contribution in [2.24, 2.45) is 10.4 Å². The van der Waals surface area contributed by atoms with Gasteiger partial charge in [-0.2, -0.15) is 0 Å². The fourth-order valence-corrected chi connectivity index (χ4v) is 5.43. The molecule has 3 aliphatic rings. The highest BCUT2D eigenvalue weighted by Gasteiger charge is 2.25. The van der Waals surface area contributed by atoms with Crippen LogP contribution in [0.3, 0.4) is 0 Å². The second kappa shape index (κ2) is 9.51. The van der Waals surface area contributed by atoms with Gasteiger partial charge in [0.1, 0.15) is 0 Å². The maximum Gasteiger partial charge on any atom is 0.293 e. The van der Waals surface area contributed by atoms with E-state index in [1.54, 1.807) is 6.08 Å². The molecule has 1 fully saturated rings. The van der Waals surface area contributed by atoms with Crippen LogP contribution in [0.4, 0.5) is 5.69 Å². The molecule has 0 aromatic heterocycles. The molecule has 1 aromatic carbocycles. The second-order valence-electron chi connectivity index (χ2n) is 9.49. The first-order valence-electron chi connectivity index (χ1n) is 11.2. The Labute approximate surface area is 192 Å². The van der Waals surface area contributed by atoms with Gasteiger partial charge in [-0.25, -0.2) is 0 Å². The lowest BCUT2D eigenvalue weighted by Crippen LogP contribution is -2.37. The summed E-state index contributed by atoms with van der Waals surface area (Å²) in [5.74, 6) is 1.52. The van der Waals surface area contributed by atoms with E-state index in [4.69, 9.17) is 6.57 Å². The van der Waals surface area contributed by atoms with Gasteiger partial charge in [-0.15, -0.1) is 4.99 Å². The molecular weight excluding hydrogens is 420 g/mol. The summed E-state index contributed by atoms with van der Waals surface area (Å²) in [7, 11) is -0.682. The molecule has 0 saturated carbocycles. The average molecular weight is 451 g/mol. The van der Waals surface area contributed by atoms with E-state index in [9.17, 15) is 9.00 Å². The smallest absolute Gasteiger partial charge is 0.293 e. The van der Waals surface area contributed by atoms with E-state index in [2.05, 4.69) is 52.1 Å². The van der Waals surface area contributed by atoms with E-state index in [0.717, 1.165) is 61.7 Å². The number of hydrogen-bond donors (Lipinski definition) is 1. The standard InChI is InChI=1S/C25H30N4O2S/c1-25(2)10-8-19(9-11-25)20-16-18(17-29-12-14-32(31)15-13-29)4-5-21(20)28-24(30)22-6-7-23(26-3)27-22/h4-5,7-8,16H,6,9-15,17H2,1-2H3,(H,28,30). The van der Waals surface area contributed by atoms with Crippen LogP contribution in [0, 0.1) is 12.0 Å². The highest BCUT2D eigenvalue weighted by atomic mass is 32.2. The number of carbonyl (C=O) groups is 1. The number of nitrogens with zero attached hydrogens (tertiary/aromatic N) is 3. The Bertz CT molecular complexity index is 1070. The highest BCUT2D eigenvalue weighted by molar-refractivity contribution is 7.85.